The number of methoxy groups -OCH3 is 1. The Bertz CT molecular complexity index is 855. The van der Waals surface area contributed by atoms with E-state index >= 15 is 0 Å². The number of hydrogen-bond acceptors (Lipinski definition) is 4. The lowest BCUT2D eigenvalue weighted by molar-refractivity contribution is 0.100. The highest BCUT2D eigenvalue weighted by molar-refractivity contribution is 7.20. The third-order valence-electron chi connectivity index (χ3n) is 4.31. The van der Waals surface area contributed by atoms with Crippen LogP contribution in [-0.2, 0) is 11.8 Å². The highest BCUT2D eigenvalue weighted by Gasteiger charge is 2.36. The van der Waals surface area contributed by atoms with Gasteiger partial charge in [0.25, 0.3) is 5.91 Å². The van der Waals surface area contributed by atoms with E-state index in [1.54, 1.807) is 7.11 Å². The molecule has 2 aromatic rings. The molecule has 0 unspecified atom stereocenters. The van der Waals surface area contributed by atoms with Gasteiger partial charge >= 0.3 is 6.03 Å². The average molecular weight is 345 g/mol. The van der Waals surface area contributed by atoms with Crippen molar-refractivity contribution in [3.8, 4) is 16.2 Å². The van der Waals surface area contributed by atoms with Crippen molar-refractivity contribution in [3.63, 3.8) is 0 Å². The number of hydrogen-bond donors (Lipinski definition) is 3. The van der Waals surface area contributed by atoms with E-state index in [9.17, 15) is 9.59 Å². The molecule has 7 heteroatoms. The third kappa shape index (κ3) is 2.50. The number of urea groups is 1. The fraction of sp³-hybridized carbons (Fsp3) is 0.294. The largest absolute Gasteiger partial charge is 0.497 e. The van der Waals surface area contributed by atoms with E-state index in [0.717, 1.165) is 27.3 Å². The Kier molecular flexibility index (Phi) is 3.76. The number of thiophene rings is 1. The second-order valence-electron chi connectivity index (χ2n) is 6.44. The topological polar surface area (TPSA) is 107 Å². The predicted octanol–water partition coefficient (Wildman–Crippen LogP) is 2.85. The molecule has 5 N–H and O–H groups in total. The molecule has 6 nitrogen and oxygen atoms in total. The van der Waals surface area contributed by atoms with E-state index < -0.39 is 11.9 Å². The minimum absolute atomic E-state index is 0.202. The normalized spacial score (nSPS) is 14.5. The number of nitrogens with two attached hydrogens (primary N) is 2. The van der Waals surface area contributed by atoms with Crippen molar-refractivity contribution in [2.45, 2.75) is 25.7 Å². The van der Waals surface area contributed by atoms with Crippen LogP contribution in [0.4, 0.5) is 9.80 Å². The van der Waals surface area contributed by atoms with Gasteiger partial charge in [-0.15, -0.1) is 11.3 Å². The molecule has 0 bridgehead atoms. The minimum Gasteiger partial charge on any atom is -0.497 e. The number of anilines is 1. The first-order valence-corrected chi connectivity index (χ1v) is 8.27. The standard InChI is InChI=1S/C17H19N3O3S/c1-17(2)7-10-12(14(18)21)15(20-16(19)22)24-13(10)9-5-4-8(23-3)6-11(9)17/h4-6H,7H2,1-3H3,(H2,18,21)(H3,19,20,22). The fourth-order valence-corrected chi connectivity index (χ4v) is 4.52. The van der Waals surface area contributed by atoms with Gasteiger partial charge < -0.3 is 16.2 Å². The van der Waals surface area contributed by atoms with Gasteiger partial charge in [-0.05, 0) is 46.7 Å². The Morgan fingerprint density at radius 2 is 2.00 bits per heavy atom. The summed E-state index contributed by atoms with van der Waals surface area (Å²) in [6.45, 7) is 4.22. The molecule has 1 aliphatic carbocycles. The number of fused-ring (bicyclic) bond motifs is 3. The molecule has 3 amide bonds. The number of carbonyl (C=O) groups excluding carboxylic acids is 2. The van der Waals surface area contributed by atoms with E-state index in [0.29, 0.717) is 17.0 Å². The second-order valence-corrected chi connectivity index (χ2v) is 7.46. The first-order valence-electron chi connectivity index (χ1n) is 7.45. The van der Waals surface area contributed by atoms with Crippen molar-refractivity contribution < 1.29 is 14.3 Å². The van der Waals surface area contributed by atoms with E-state index in [2.05, 4.69) is 19.2 Å². The van der Waals surface area contributed by atoms with Crippen LogP contribution in [0.5, 0.6) is 5.75 Å². The zero-order valence-corrected chi connectivity index (χ0v) is 14.5. The molecule has 3 rings (SSSR count). The number of carbonyl (C=O) groups is 2. The van der Waals surface area contributed by atoms with Gasteiger partial charge in [-0.3, -0.25) is 10.1 Å². The maximum Gasteiger partial charge on any atom is 0.317 e. The lowest BCUT2D eigenvalue weighted by Crippen LogP contribution is -2.27. The summed E-state index contributed by atoms with van der Waals surface area (Å²) in [5.74, 6) is 0.219. The highest BCUT2D eigenvalue weighted by Crippen LogP contribution is 2.50. The number of rotatable bonds is 3. The monoisotopic (exact) mass is 345 g/mol. The second kappa shape index (κ2) is 5.52. The molecular weight excluding hydrogens is 326 g/mol. The molecule has 1 aromatic heterocycles. The quantitative estimate of drug-likeness (QED) is 0.796. The lowest BCUT2D eigenvalue weighted by Gasteiger charge is -2.33. The van der Waals surface area contributed by atoms with Crippen LogP contribution >= 0.6 is 11.3 Å². The van der Waals surface area contributed by atoms with Crippen molar-refractivity contribution in [2.75, 3.05) is 12.4 Å². The molecule has 0 spiro atoms. The highest BCUT2D eigenvalue weighted by atomic mass is 32.1. The molecule has 0 atom stereocenters. The Hall–Kier alpha value is -2.54. The van der Waals surface area contributed by atoms with E-state index in [4.69, 9.17) is 16.2 Å². The van der Waals surface area contributed by atoms with E-state index in [1.165, 1.54) is 11.3 Å². The zero-order valence-electron chi connectivity index (χ0n) is 13.7. The molecule has 1 aliphatic rings. The molecule has 0 aliphatic heterocycles. The molecule has 0 saturated heterocycles. The van der Waals surface area contributed by atoms with Crippen LogP contribution in [0.1, 0.15) is 35.3 Å². The molecule has 24 heavy (non-hydrogen) atoms. The van der Waals surface area contributed by atoms with Gasteiger partial charge in [0.1, 0.15) is 10.8 Å². The molecule has 0 saturated carbocycles. The van der Waals surface area contributed by atoms with Crippen LogP contribution in [0, 0.1) is 0 Å². The maximum absolute atomic E-state index is 12.0. The minimum atomic E-state index is -0.717. The molecule has 126 valence electrons. The SMILES string of the molecule is COc1ccc2c(c1)C(C)(C)Cc1c-2sc(NC(N)=O)c1C(N)=O. The Morgan fingerprint density at radius 3 is 2.58 bits per heavy atom. The first kappa shape index (κ1) is 16.3. The number of nitrogens with one attached hydrogen (secondary N) is 1. The van der Waals surface area contributed by atoms with Crippen LogP contribution in [-0.4, -0.2) is 19.0 Å². The predicted molar refractivity (Wildman–Crippen MR) is 94.8 cm³/mol. The van der Waals surface area contributed by atoms with Gasteiger partial charge in [0.2, 0.25) is 0 Å². The molecular formula is C17H19N3O3S. The summed E-state index contributed by atoms with van der Waals surface area (Å²) in [5.41, 5.74) is 14.0. The summed E-state index contributed by atoms with van der Waals surface area (Å²) in [7, 11) is 1.63. The van der Waals surface area contributed by atoms with Gasteiger partial charge in [-0.2, -0.15) is 0 Å². The van der Waals surface area contributed by atoms with Crippen molar-refractivity contribution in [3.05, 3.63) is 34.9 Å². The summed E-state index contributed by atoms with van der Waals surface area (Å²) < 4.78 is 5.34. The van der Waals surface area contributed by atoms with Gasteiger partial charge in [-0.1, -0.05) is 13.8 Å². The maximum atomic E-state index is 12.0. The number of benzene rings is 1. The zero-order chi connectivity index (χ0) is 17.6. The number of amides is 3. The lowest BCUT2D eigenvalue weighted by atomic mass is 9.71. The van der Waals surface area contributed by atoms with Crippen LogP contribution in [0.15, 0.2) is 18.2 Å². The average Bonchev–Trinajstić information content (AvgIpc) is 2.83. The summed E-state index contributed by atoms with van der Waals surface area (Å²) in [5, 5.41) is 2.93. The summed E-state index contributed by atoms with van der Waals surface area (Å²) in [4.78, 5) is 24.2. The summed E-state index contributed by atoms with van der Waals surface area (Å²) in [6.07, 6.45) is 0.637. The molecule has 1 heterocycles. The summed E-state index contributed by atoms with van der Waals surface area (Å²) >= 11 is 1.32. The van der Waals surface area contributed by atoms with Gasteiger partial charge in [0, 0.05) is 4.88 Å². The van der Waals surface area contributed by atoms with E-state index in [1.807, 2.05) is 18.2 Å². The van der Waals surface area contributed by atoms with Gasteiger partial charge in [-0.25, -0.2) is 4.79 Å². The fourth-order valence-electron chi connectivity index (χ4n) is 3.26. The first-order chi connectivity index (χ1) is 11.2. The third-order valence-corrected chi connectivity index (χ3v) is 5.49. The van der Waals surface area contributed by atoms with Crippen molar-refractivity contribution in [2.24, 2.45) is 11.5 Å². The number of ether oxygens (including phenoxy) is 1. The molecule has 0 fully saturated rings. The molecule has 0 radical (unpaired) electrons. The van der Waals surface area contributed by atoms with Crippen LogP contribution in [0.25, 0.3) is 10.4 Å². The van der Waals surface area contributed by atoms with E-state index in [-0.39, 0.29) is 5.41 Å². The van der Waals surface area contributed by atoms with Gasteiger partial charge in [0.05, 0.1) is 12.7 Å². The Labute approximate surface area is 143 Å². The van der Waals surface area contributed by atoms with Crippen LogP contribution in [0.3, 0.4) is 0 Å². The molecule has 1 aromatic carbocycles. The van der Waals surface area contributed by atoms with Crippen LogP contribution in [0.2, 0.25) is 0 Å². The van der Waals surface area contributed by atoms with Crippen molar-refractivity contribution in [1.82, 2.24) is 0 Å². The van der Waals surface area contributed by atoms with Crippen LogP contribution < -0.4 is 21.5 Å². The van der Waals surface area contributed by atoms with Crippen molar-refractivity contribution >= 4 is 28.3 Å². The smallest absolute Gasteiger partial charge is 0.317 e. The van der Waals surface area contributed by atoms with Gasteiger partial charge in [0.15, 0.2) is 0 Å². The Morgan fingerprint density at radius 1 is 1.29 bits per heavy atom. The number of primary amides is 2. The van der Waals surface area contributed by atoms with Crippen molar-refractivity contribution in [1.29, 1.82) is 0 Å². The summed E-state index contributed by atoms with van der Waals surface area (Å²) in [6, 6.07) is 5.16. The Balaban J connectivity index is 2.27.